The van der Waals surface area contributed by atoms with Crippen molar-refractivity contribution >= 4 is 54.6 Å². The minimum absolute atomic E-state index is 0.0965. The third-order valence-electron chi connectivity index (χ3n) is 11.2. The quantitative estimate of drug-likeness (QED) is 0.190. The van der Waals surface area contributed by atoms with E-state index in [1.165, 1.54) is 44.1 Å². The van der Waals surface area contributed by atoms with Crippen LogP contribution in [-0.2, 0) is 5.41 Å². The molecule has 51 heavy (non-hydrogen) atoms. The van der Waals surface area contributed by atoms with Crippen molar-refractivity contribution in [3.05, 3.63) is 169 Å². The Morgan fingerprint density at radius 1 is 0.490 bits per heavy atom. The maximum absolute atomic E-state index is 6.94. The summed E-state index contributed by atoms with van der Waals surface area (Å²) in [6.07, 6.45) is 0. The van der Waals surface area contributed by atoms with Gasteiger partial charge in [0, 0.05) is 37.9 Å². The van der Waals surface area contributed by atoms with E-state index in [1.54, 1.807) is 0 Å². The molecule has 3 heterocycles. The molecular weight excluding hydrogens is 621 g/mol. The molecule has 0 N–H and O–H groups in total. The van der Waals surface area contributed by atoms with Crippen molar-refractivity contribution in [2.75, 3.05) is 0 Å². The molecule has 0 radical (unpaired) electrons. The number of hydrogen-bond acceptors (Lipinski definition) is 2. The molecule has 0 amide bonds. The summed E-state index contributed by atoms with van der Waals surface area (Å²) in [6, 6.07) is 56.7. The Bertz CT molecular complexity index is 3050. The van der Waals surface area contributed by atoms with Crippen LogP contribution in [0, 0.1) is 0 Å². The second-order valence-corrected chi connectivity index (χ2v) is 14.3. The zero-order valence-electron chi connectivity index (χ0n) is 28.3. The maximum Gasteiger partial charge on any atom is 0.159 e. The monoisotopic (exact) mass is 652 g/mol. The van der Waals surface area contributed by atoms with Crippen molar-refractivity contribution in [1.82, 2.24) is 9.55 Å². The van der Waals surface area contributed by atoms with Gasteiger partial charge in [-0.3, -0.25) is 0 Å². The second-order valence-electron chi connectivity index (χ2n) is 14.3. The van der Waals surface area contributed by atoms with Gasteiger partial charge in [-0.15, -0.1) is 0 Å². The fourth-order valence-electron chi connectivity index (χ4n) is 8.72. The Balaban J connectivity index is 1.14. The Morgan fingerprint density at radius 3 is 2.16 bits per heavy atom. The first-order valence-electron chi connectivity index (χ1n) is 17.6. The Kier molecular flexibility index (Phi) is 5.73. The molecule has 0 bridgehead atoms. The lowest BCUT2D eigenvalue weighted by Gasteiger charge is -2.21. The highest BCUT2D eigenvalue weighted by Crippen LogP contribution is 2.51. The molecule has 0 unspecified atom stereocenters. The molecule has 3 nitrogen and oxygen atoms in total. The largest absolute Gasteiger partial charge is 0.454 e. The molecule has 0 fully saturated rings. The molecule has 11 rings (SSSR count). The highest BCUT2D eigenvalue weighted by atomic mass is 16.3. The summed E-state index contributed by atoms with van der Waals surface area (Å²) in [5.41, 5.74) is 15.8. The SMILES string of the molecule is CC1(C)c2ccccc2-c2cc3c4ccccc4n(-c4cccc5c4oc4cc(-c6cc(-c7ccccc7)nc7ccccc67)ccc45)c3cc21. The average Bonchev–Trinajstić information content (AvgIpc) is 3.79. The zero-order valence-corrected chi connectivity index (χ0v) is 28.3. The summed E-state index contributed by atoms with van der Waals surface area (Å²) in [4.78, 5) is 5.03. The van der Waals surface area contributed by atoms with Crippen molar-refractivity contribution in [2.45, 2.75) is 19.3 Å². The van der Waals surface area contributed by atoms with Gasteiger partial charge in [-0.1, -0.05) is 123 Å². The summed E-state index contributed by atoms with van der Waals surface area (Å²) >= 11 is 0. The van der Waals surface area contributed by atoms with E-state index in [0.29, 0.717) is 0 Å². The van der Waals surface area contributed by atoms with Gasteiger partial charge in [0.05, 0.1) is 27.9 Å². The van der Waals surface area contributed by atoms with Crippen LogP contribution in [0.2, 0.25) is 0 Å². The molecule has 7 aromatic carbocycles. The van der Waals surface area contributed by atoms with Crippen molar-refractivity contribution in [2.24, 2.45) is 0 Å². The molecule has 0 saturated heterocycles. The van der Waals surface area contributed by atoms with Crippen LogP contribution in [0.15, 0.2) is 162 Å². The minimum Gasteiger partial charge on any atom is -0.454 e. The van der Waals surface area contributed by atoms with Gasteiger partial charge in [0.2, 0.25) is 0 Å². The number of fused-ring (bicyclic) bond motifs is 10. The second kappa shape index (κ2) is 10.3. The van der Waals surface area contributed by atoms with Crippen LogP contribution in [0.3, 0.4) is 0 Å². The lowest BCUT2D eigenvalue weighted by Crippen LogP contribution is -2.14. The van der Waals surface area contributed by atoms with Crippen LogP contribution in [0.5, 0.6) is 0 Å². The molecule has 0 aliphatic heterocycles. The summed E-state index contributed by atoms with van der Waals surface area (Å²) in [6.45, 7) is 4.70. The summed E-state index contributed by atoms with van der Waals surface area (Å²) in [5.74, 6) is 0. The van der Waals surface area contributed by atoms with E-state index >= 15 is 0 Å². The van der Waals surface area contributed by atoms with Gasteiger partial charge in [0.1, 0.15) is 5.58 Å². The zero-order chi connectivity index (χ0) is 33.8. The number of rotatable bonds is 3. The third-order valence-corrected chi connectivity index (χ3v) is 11.2. The van der Waals surface area contributed by atoms with Gasteiger partial charge in [0.25, 0.3) is 0 Å². The highest BCUT2D eigenvalue weighted by molar-refractivity contribution is 6.14. The topological polar surface area (TPSA) is 31.0 Å². The standard InChI is InChI=1S/C48H32N2O/c1-48(2)39-19-9-6-15-31(39)37-26-38-33-17-8-11-21-43(33)50(45(38)28-40(37)48)44-22-12-18-35-34-24-23-30(25-46(34)51-47(35)44)36-27-42(29-13-4-3-5-14-29)49-41-20-10-7-16-32(36)41/h3-28H,1-2H3. The van der Waals surface area contributed by atoms with Crippen molar-refractivity contribution in [1.29, 1.82) is 0 Å². The molecule has 240 valence electrons. The van der Waals surface area contributed by atoms with Gasteiger partial charge in [-0.25, -0.2) is 4.98 Å². The summed E-state index contributed by atoms with van der Waals surface area (Å²) in [5, 5.41) is 5.84. The van der Waals surface area contributed by atoms with Crippen molar-refractivity contribution < 1.29 is 4.42 Å². The predicted molar refractivity (Wildman–Crippen MR) is 212 cm³/mol. The fraction of sp³-hybridized carbons (Fsp3) is 0.0625. The smallest absolute Gasteiger partial charge is 0.159 e. The summed E-state index contributed by atoms with van der Waals surface area (Å²) in [7, 11) is 0. The molecule has 3 heteroatoms. The molecule has 3 aromatic heterocycles. The Hall–Kier alpha value is -6.45. The fourth-order valence-corrected chi connectivity index (χ4v) is 8.72. The molecule has 0 atom stereocenters. The molecule has 0 saturated carbocycles. The van der Waals surface area contributed by atoms with Crippen LogP contribution in [0.25, 0.3) is 93.8 Å². The maximum atomic E-state index is 6.94. The van der Waals surface area contributed by atoms with E-state index in [4.69, 9.17) is 9.40 Å². The van der Waals surface area contributed by atoms with Crippen molar-refractivity contribution in [3.63, 3.8) is 0 Å². The van der Waals surface area contributed by atoms with E-state index in [0.717, 1.165) is 60.9 Å². The Morgan fingerprint density at radius 2 is 1.25 bits per heavy atom. The van der Waals surface area contributed by atoms with Gasteiger partial charge in [-0.05, 0) is 81.9 Å². The van der Waals surface area contributed by atoms with Gasteiger partial charge >= 0.3 is 0 Å². The van der Waals surface area contributed by atoms with E-state index in [2.05, 4.69) is 170 Å². The molecule has 0 spiro atoms. The van der Waals surface area contributed by atoms with Crippen LogP contribution in [-0.4, -0.2) is 9.55 Å². The lowest BCUT2D eigenvalue weighted by molar-refractivity contribution is 0.660. The van der Waals surface area contributed by atoms with E-state index in [-0.39, 0.29) is 5.41 Å². The first-order chi connectivity index (χ1) is 25.0. The van der Waals surface area contributed by atoms with Crippen LogP contribution < -0.4 is 0 Å². The number of hydrogen-bond donors (Lipinski definition) is 0. The number of pyridine rings is 1. The minimum atomic E-state index is -0.0965. The molecule has 10 aromatic rings. The van der Waals surface area contributed by atoms with Crippen molar-refractivity contribution in [3.8, 4) is 39.2 Å². The van der Waals surface area contributed by atoms with E-state index in [9.17, 15) is 0 Å². The first kappa shape index (κ1) is 28.4. The number of para-hydroxylation sites is 3. The molecule has 1 aliphatic rings. The number of nitrogens with zero attached hydrogens (tertiary/aromatic N) is 2. The number of furan rings is 1. The number of benzene rings is 7. The lowest BCUT2D eigenvalue weighted by atomic mass is 9.82. The van der Waals surface area contributed by atoms with Gasteiger partial charge in [-0.2, -0.15) is 0 Å². The number of aromatic nitrogens is 2. The molecular formula is C48H32N2O. The van der Waals surface area contributed by atoms with Crippen LogP contribution in [0.1, 0.15) is 25.0 Å². The van der Waals surface area contributed by atoms with Gasteiger partial charge in [0.15, 0.2) is 5.58 Å². The Labute approximate surface area is 295 Å². The normalized spacial score (nSPS) is 13.5. The van der Waals surface area contributed by atoms with Crippen LogP contribution >= 0.6 is 0 Å². The van der Waals surface area contributed by atoms with Gasteiger partial charge < -0.3 is 8.98 Å². The average molecular weight is 653 g/mol. The predicted octanol–water partition coefficient (Wildman–Crippen LogP) is 12.9. The third kappa shape index (κ3) is 3.97. The summed E-state index contributed by atoms with van der Waals surface area (Å²) < 4.78 is 9.36. The molecule has 1 aliphatic carbocycles. The van der Waals surface area contributed by atoms with E-state index in [1.807, 2.05) is 6.07 Å². The van der Waals surface area contributed by atoms with Crippen LogP contribution in [0.4, 0.5) is 0 Å². The van der Waals surface area contributed by atoms with E-state index < -0.39 is 0 Å². The first-order valence-corrected chi connectivity index (χ1v) is 17.6. The highest BCUT2D eigenvalue weighted by Gasteiger charge is 2.36.